The molecule has 0 saturated heterocycles. The lowest BCUT2D eigenvalue weighted by atomic mass is 10.2. The number of anilines is 1. The van der Waals surface area contributed by atoms with Crippen LogP contribution in [-0.4, -0.2) is 33.9 Å². The van der Waals surface area contributed by atoms with Gasteiger partial charge in [-0.15, -0.1) is 5.10 Å². The third kappa shape index (κ3) is 3.28. The Hall–Kier alpha value is -0.980. The van der Waals surface area contributed by atoms with E-state index in [9.17, 15) is 0 Å². The molecular weight excluding hydrogens is 462 g/mol. The van der Waals surface area contributed by atoms with E-state index in [1.807, 2.05) is 12.1 Å². The molecule has 2 N–H and O–H groups in total. The van der Waals surface area contributed by atoms with Gasteiger partial charge in [0, 0.05) is 9.13 Å². The molecule has 1 aromatic carbocycles. The number of aromatic nitrogens is 4. The molecule has 18 heavy (non-hydrogen) atoms. The molecule has 0 bridgehead atoms. The number of ether oxygens (including phenoxy) is 1. The van der Waals surface area contributed by atoms with Crippen molar-refractivity contribution in [2.24, 2.45) is 5.10 Å². The Balaban J connectivity index is 2.20. The van der Waals surface area contributed by atoms with Crippen LogP contribution in [0.25, 0.3) is 0 Å². The van der Waals surface area contributed by atoms with Crippen LogP contribution in [0.5, 0.6) is 5.75 Å². The molecular formula is C9H8I2N6O. The molecule has 2 rings (SSSR count). The highest BCUT2D eigenvalue weighted by molar-refractivity contribution is 14.1. The number of hydrazone groups is 1. The number of nitrogens with one attached hydrogen (secondary N) is 2. The minimum Gasteiger partial charge on any atom is -0.495 e. The Bertz CT molecular complexity index is 556. The highest BCUT2D eigenvalue weighted by atomic mass is 127. The van der Waals surface area contributed by atoms with E-state index in [0.717, 1.165) is 18.5 Å². The van der Waals surface area contributed by atoms with Crippen molar-refractivity contribution >= 4 is 57.3 Å². The number of methoxy groups -OCH3 is 1. The van der Waals surface area contributed by atoms with Gasteiger partial charge in [-0.2, -0.15) is 10.3 Å². The molecule has 0 aliphatic rings. The smallest absolute Gasteiger partial charge is 0.283 e. The molecule has 2 aromatic rings. The zero-order chi connectivity index (χ0) is 13.0. The highest BCUT2D eigenvalue weighted by Gasteiger charge is 2.07. The summed E-state index contributed by atoms with van der Waals surface area (Å²) >= 11 is 4.47. The average molecular weight is 470 g/mol. The summed E-state index contributed by atoms with van der Waals surface area (Å²) in [7, 11) is 1.63. The molecule has 7 nitrogen and oxygen atoms in total. The molecule has 0 aliphatic heterocycles. The minimum atomic E-state index is 0.311. The van der Waals surface area contributed by atoms with Crippen molar-refractivity contribution in [3.05, 3.63) is 24.8 Å². The van der Waals surface area contributed by atoms with Gasteiger partial charge in [0.1, 0.15) is 5.75 Å². The molecule has 0 unspecified atom stereocenters. The molecule has 1 heterocycles. The van der Waals surface area contributed by atoms with Gasteiger partial charge >= 0.3 is 0 Å². The Morgan fingerprint density at radius 1 is 1.44 bits per heavy atom. The molecule has 0 fully saturated rings. The second-order valence-corrected chi connectivity index (χ2v) is 5.52. The number of aromatic amines is 1. The first kappa shape index (κ1) is 13.5. The Morgan fingerprint density at radius 2 is 2.28 bits per heavy atom. The van der Waals surface area contributed by atoms with E-state index in [1.54, 1.807) is 13.3 Å². The predicted octanol–water partition coefficient (Wildman–Crippen LogP) is 1.86. The van der Waals surface area contributed by atoms with E-state index in [1.165, 1.54) is 0 Å². The first-order valence-corrected chi connectivity index (χ1v) is 6.92. The quantitative estimate of drug-likeness (QED) is 0.405. The normalized spacial score (nSPS) is 10.8. The summed E-state index contributed by atoms with van der Waals surface area (Å²) in [6, 6.07) is 4.01. The zero-order valence-electron chi connectivity index (χ0n) is 9.19. The van der Waals surface area contributed by atoms with Gasteiger partial charge in [0.25, 0.3) is 5.95 Å². The Kier molecular flexibility index (Phi) is 4.68. The first-order valence-electron chi connectivity index (χ1n) is 4.76. The van der Waals surface area contributed by atoms with Crippen molar-refractivity contribution < 1.29 is 4.74 Å². The maximum atomic E-state index is 5.34. The fourth-order valence-corrected chi connectivity index (χ4v) is 3.37. The number of benzene rings is 1. The number of tetrazole rings is 1. The lowest BCUT2D eigenvalue weighted by molar-refractivity contribution is 0.411. The van der Waals surface area contributed by atoms with Gasteiger partial charge in [-0.3, -0.25) is 0 Å². The molecule has 94 valence electrons. The van der Waals surface area contributed by atoms with Gasteiger partial charge in [0.15, 0.2) is 0 Å². The summed E-state index contributed by atoms with van der Waals surface area (Å²) in [5.74, 6) is 1.10. The number of hydrogen-bond donors (Lipinski definition) is 2. The first-order chi connectivity index (χ1) is 8.70. The molecule has 0 aliphatic carbocycles. The minimum absolute atomic E-state index is 0.311. The van der Waals surface area contributed by atoms with Crippen LogP contribution in [0.4, 0.5) is 5.95 Å². The van der Waals surface area contributed by atoms with Gasteiger partial charge < -0.3 is 4.74 Å². The molecule has 0 amide bonds. The predicted molar refractivity (Wildman–Crippen MR) is 83.8 cm³/mol. The van der Waals surface area contributed by atoms with Crippen molar-refractivity contribution in [1.29, 1.82) is 0 Å². The van der Waals surface area contributed by atoms with Gasteiger partial charge in [0.05, 0.1) is 16.9 Å². The van der Waals surface area contributed by atoms with Crippen molar-refractivity contribution in [1.82, 2.24) is 20.6 Å². The summed E-state index contributed by atoms with van der Waals surface area (Å²) in [4.78, 5) is 0. The van der Waals surface area contributed by atoms with E-state index in [4.69, 9.17) is 4.74 Å². The van der Waals surface area contributed by atoms with E-state index in [-0.39, 0.29) is 0 Å². The number of hydrogen-bond acceptors (Lipinski definition) is 6. The Labute approximate surface area is 130 Å². The van der Waals surface area contributed by atoms with Crippen molar-refractivity contribution in [2.75, 3.05) is 12.5 Å². The van der Waals surface area contributed by atoms with Crippen LogP contribution >= 0.6 is 45.2 Å². The van der Waals surface area contributed by atoms with E-state index < -0.39 is 0 Å². The maximum absolute atomic E-state index is 5.34. The van der Waals surface area contributed by atoms with Crippen LogP contribution in [-0.2, 0) is 0 Å². The van der Waals surface area contributed by atoms with Crippen molar-refractivity contribution in [3.8, 4) is 5.75 Å². The van der Waals surface area contributed by atoms with E-state index in [0.29, 0.717) is 5.95 Å². The summed E-state index contributed by atoms with van der Waals surface area (Å²) in [6.07, 6.45) is 1.65. The van der Waals surface area contributed by atoms with Crippen LogP contribution in [0.3, 0.4) is 0 Å². The van der Waals surface area contributed by atoms with Crippen LogP contribution in [0, 0.1) is 7.14 Å². The van der Waals surface area contributed by atoms with Gasteiger partial charge in [0.2, 0.25) is 0 Å². The zero-order valence-corrected chi connectivity index (χ0v) is 13.5. The molecule has 0 atom stereocenters. The second-order valence-electron chi connectivity index (χ2n) is 3.12. The van der Waals surface area contributed by atoms with Crippen molar-refractivity contribution in [3.63, 3.8) is 0 Å². The summed E-state index contributed by atoms with van der Waals surface area (Å²) < 4.78 is 7.48. The third-order valence-electron chi connectivity index (χ3n) is 1.95. The topological polar surface area (TPSA) is 88.1 Å². The van der Waals surface area contributed by atoms with Gasteiger partial charge in [-0.1, -0.05) is 5.10 Å². The number of halogens is 2. The second kappa shape index (κ2) is 6.26. The van der Waals surface area contributed by atoms with Crippen LogP contribution in [0.1, 0.15) is 5.56 Å². The summed E-state index contributed by atoms with van der Waals surface area (Å²) in [6.45, 7) is 0. The van der Waals surface area contributed by atoms with Crippen LogP contribution in [0.2, 0.25) is 0 Å². The highest BCUT2D eigenvalue weighted by Crippen LogP contribution is 2.26. The summed E-state index contributed by atoms with van der Waals surface area (Å²) in [5, 5.41) is 17.2. The van der Waals surface area contributed by atoms with Gasteiger partial charge in [-0.05, 0) is 62.5 Å². The fraction of sp³-hybridized carbons (Fsp3) is 0.111. The molecule has 0 saturated carbocycles. The standard InChI is InChI=1S/C9H8I2N6O/c1-18-8-5(2-6(10)3-7(8)11)4-12-13-9-14-16-17-15-9/h2-4H,1H3,(H2,13,14,15,16,17). The molecule has 0 radical (unpaired) electrons. The lowest BCUT2D eigenvalue weighted by Crippen LogP contribution is -1.97. The third-order valence-corrected chi connectivity index (χ3v) is 3.38. The van der Waals surface area contributed by atoms with Gasteiger partial charge in [-0.25, -0.2) is 5.43 Å². The number of H-pyrrole nitrogens is 1. The molecule has 9 heteroatoms. The largest absolute Gasteiger partial charge is 0.495 e. The Morgan fingerprint density at radius 3 is 2.94 bits per heavy atom. The monoisotopic (exact) mass is 470 g/mol. The SMILES string of the molecule is COc1c(I)cc(I)cc1C=NNc1nn[nH]n1. The number of nitrogens with zero attached hydrogens (tertiary/aromatic N) is 4. The van der Waals surface area contributed by atoms with E-state index in [2.05, 4.69) is 76.3 Å². The van der Waals surface area contributed by atoms with Crippen molar-refractivity contribution in [2.45, 2.75) is 0 Å². The maximum Gasteiger partial charge on any atom is 0.283 e. The fourth-order valence-electron chi connectivity index (χ4n) is 1.26. The lowest BCUT2D eigenvalue weighted by Gasteiger charge is -2.07. The van der Waals surface area contributed by atoms with Crippen LogP contribution < -0.4 is 10.2 Å². The average Bonchev–Trinajstić information content (AvgIpc) is 2.81. The molecule has 0 spiro atoms. The van der Waals surface area contributed by atoms with Crippen LogP contribution in [0.15, 0.2) is 17.2 Å². The molecule has 1 aromatic heterocycles. The van der Waals surface area contributed by atoms with E-state index >= 15 is 0 Å². The number of rotatable bonds is 4. The summed E-state index contributed by atoms with van der Waals surface area (Å²) in [5.41, 5.74) is 3.54.